The lowest BCUT2D eigenvalue weighted by molar-refractivity contribution is -0.137. The molecule has 2 aliphatic heterocycles. The quantitative estimate of drug-likeness (QED) is 0.445. The van der Waals surface area contributed by atoms with Gasteiger partial charge in [0.1, 0.15) is 6.04 Å². The monoisotopic (exact) mass is 566 g/mol. The van der Waals surface area contributed by atoms with Crippen LogP contribution in [0.1, 0.15) is 49.3 Å². The van der Waals surface area contributed by atoms with Crippen molar-refractivity contribution in [2.75, 3.05) is 49.3 Å². The Morgan fingerprint density at radius 2 is 1.56 bits per heavy atom. The van der Waals surface area contributed by atoms with E-state index in [1.807, 2.05) is 16.7 Å². The van der Waals surface area contributed by atoms with Crippen LogP contribution in [-0.2, 0) is 9.59 Å². The number of thioether (sulfide) groups is 2. The predicted octanol–water partition coefficient (Wildman–Crippen LogP) is 4.38. The highest BCUT2D eigenvalue weighted by Crippen LogP contribution is 2.30. The largest absolute Gasteiger partial charge is 0.342 e. The average molecular weight is 567 g/mol. The van der Waals surface area contributed by atoms with Gasteiger partial charge in [-0.3, -0.25) is 19.8 Å². The molecule has 8 heteroatoms. The zero-order valence-electron chi connectivity index (χ0n) is 22.8. The number of nitrogens with one attached hydrogen (secondary N) is 2. The fourth-order valence-corrected chi connectivity index (χ4v) is 8.23. The van der Waals surface area contributed by atoms with Gasteiger partial charge >= 0.3 is 0 Å². The molecule has 2 aromatic carbocycles. The number of nitrogens with zero attached hydrogens (tertiary/aromatic N) is 2. The number of piperazine rings is 1. The van der Waals surface area contributed by atoms with Gasteiger partial charge in [0.2, 0.25) is 11.8 Å². The number of carbonyl (C=O) groups excluding carboxylic acids is 2. The van der Waals surface area contributed by atoms with Gasteiger partial charge in [-0.05, 0) is 35.6 Å². The van der Waals surface area contributed by atoms with E-state index in [-0.39, 0.29) is 23.9 Å². The Labute approximate surface area is 242 Å². The number of benzene rings is 2. The highest BCUT2D eigenvalue weighted by Gasteiger charge is 2.33. The van der Waals surface area contributed by atoms with E-state index in [0.29, 0.717) is 18.8 Å². The molecule has 2 N–H and O–H groups in total. The van der Waals surface area contributed by atoms with E-state index in [9.17, 15) is 9.59 Å². The van der Waals surface area contributed by atoms with Gasteiger partial charge < -0.3 is 10.2 Å². The summed E-state index contributed by atoms with van der Waals surface area (Å²) in [5.74, 6) is 4.07. The Morgan fingerprint density at radius 3 is 2.15 bits per heavy atom. The van der Waals surface area contributed by atoms with Crippen molar-refractivity contribution in [2.24, 2.45) is 5.92 Å². The van der Waals surface area contributed by atoms with Gasteiger partial charge in [-0.15, -0.1) is 11.8 Å². The molecule has 2 saturated heterocycles. The van der Waals surface area contributed by atoms with Crippen LogP contribution in [-0.4, -0.2) is 83.0 Å². The smallest absolute Gasteiger partial charge is 0.246 e. The van der Waals surface area contributed by atoms with Crippen molar-refractivity contribution < 1.29 is 9.59 Å². The molecule has 0 aromatic heterocycles. The summed E-state index contributed by atoms with van der Waals surface area (Å²) in [7, 11) is 0. The van der Waals surface area contributed by atoms with Crippen LogP contribution in [0, 0.1) is 5.92 Å². The third-order valence-electron chi connectivity index (χ3n) is 8.23. The van der Waals surface area contributed by atoms with Crippen LogP contribution in [0.4, 0.5) is 0 Å². The molecule has 2 aromatic rings. The van der Waals surface area contributed by atoms with Crippen LogP contribution in [0.5, 0.6) is 0 Å². The second-order valence-electron chi connectivity index (χ2n) is 11.0. The zero-order chi connectivity index (χ0) is 26.9. The minimum absolute atomic E-state index is 0.0385. The highest BCUT2D eigenvalue weighted by atomic mass is 32.2. The molecule has 210 valence electrons. The van der Waals surface area contributed by atoms with Crippen molar-refractivity contribution in [3.05, 3.63) is 71.8 Å². The number of hydrogen-bond acceptors (Lipinski definition) is 6. The summed E-state index contributed by atoms with van der Waals surface area (Å²) in [6.07, 6.45) is 6.60. The van der Waals surface area contributed by atoms with E-state index in [2.05, 4.69) is 76.2 Å². The molecule has 39 heavy (non-hydrogen) atoms. The van der Waals surface area contributed by atoms with Crippen LogP contribution in [0.25, 0.3) is 0 Å². The van der Waals surface area contributed by atoms with Gasteiger partial charge in [-0.1, -0.05) is 79.9 Å². The van der Waals surface area contributed by atoms with Gasteiger partial charge in [-0.25, -0.2) is 0 Å². The molecular formula is C31H42N4O2S2. The molecule has 1 saturated carbocycles. The first-order valence-corrected chi connectivity index (χ1v) is 16.8. The van der Waals surface area contributed by atoms with Gasteiger partial charge in [-0.2, -0.15) is 11.8 Å². The molecule has 2 heterocycles. The fraction of sp³-hybridized carbons (Fsp3) is 0.548. The minimum atomic E-state index is -0.468. The molecule has 5 rings (SSSR count). The van der Waals surface area contributed by atoms with Crippen LogP contribution >= 0.6 is 23.5 Å². The Bertz CT molecular complexity index is 998. The maximum atomic E-state index is 13.8. The van der Waals surface area contributed by atoms with Gasteiger partial charge in [0.25, 0.3) is 0 Å². The Balaban J connectivity index is 1.22. The Kier molecular flexibility index (Phi) is 10.7. The van der Waals surface area contributed by atoms with E-state index in [4.69, 9.17) is 0 Å². The first-order chi connectivity index (χ1) is 19.2. The van der Waals surface area contributed by atoms with Crippen LogP contribution in [0.2, 0.25) is 0 Å². The lowest BCUT2D eigenvalue weighted by Gasteiger charge is -2.40. The van der Waals surface area contributed by atoms with Crippen molar-refractivity contribution in [3.8, 4) is 0 Å². The van der Waals surface area contributed by atoms with Crippen molar-refractivity contribution >= 4 is 35.3 Å². The minimum Gasteiger partial charge on any atom is -0.342 e. The number of hydrogen-bond donors (Lipinski definition) is 2. The first kappa shape index (κ1) is 28.5. The van der Waals surface area contributed by atoms with Crippen molar-refractivity contribution in [1.82, 2.24) is 20.4 Å². The highest BCUT2D eigenvalue weighted by molar-refractivity contribution is 7.99. The zero-order valence-corrected chi connectivity index (χ0v) is 24.4. The fourth-order valence-electron chi connectivity index (χ4n) is 6.02. The van der Waals surface area contributed by atoms with Crippen molar-refractivity contribution in [1.29, 1.82) is 0 Å². The van der Waals surface area contributed by atoms with Crippen LogP contribution in [0.15, 0.2) is 60.7 Å². The predicted molar refractivity (Wildman–Crippen MR) is 163 cm³/mol. The molecule has 3 fully saturated rings. The molecule has 1 aliphatic carbocycles. The maximum Gasteiger partial charge on any atom is 0.246 e. The van der Waals surface area contributed by atoms with E-state index >= 15 is 0 Å². The summed E-state index contributed by atoms with van der Waals surface area (Å²) in [6, 6.07) is 20.8. The van der Waals surface area contributed by atoms with Gasteiger partial charge in [0, 0.05) is 43.6 Å². The number of rotatable bonds is 10. The Morgan fingerprint density at radius 1 is 0.923 bits per heavy atom. The summed E-state index contributed by atoms with van der Waals surface area (Å²) in [4.78, 5) is 31.3. The topological polar surface area (TPSA) is 64.7 Å². The summed E-state index contributed by atoms with van der Waals surface area (Å²) < 4.78 is 0. The van der Waals surface area contributed by atoms with E-state index < -0.39 is 6.04 Å². The normalized spacial score (nSPS) is 21.7. The summed E-state index contributed by atoms with van der Waals surface area (Å²) in [5, 5.41) is 6.39. The SMILES string of the molecule is O=C(N[C@@H](CSCC1CCCCC1)C(=O)N1CCN(C(c2ccccc2)c2ccccc2)CC1)[C@@H]1CSCN1. The third-order valence-corrected chi connectivity index (χ3v) is 10.4. The molecule has 0 radical (unpaired) electrons. The van der Waals surface area contributed by atoms with Crippen LogP contribution < -0.4 is 10.6 Å². The molecule has 3 aliphatic rings. The second-order valence-corrected chi connectivity index (χ2v) is 13.1. The molecule has 0 bridgehead atoms. The van der Waals surface area contributed by atoms with E-state index in [1.165, 1.54) is 43.2 Å². The van der Waals surface area contributed by atoms with Crippen LogP contribution in [0.3, 0.4) is 0 Å². The molecule has 0 spiro atoms. The summed E-state index contributed by atoms with van der Waals surface area (Å²) >= 11 is 3.58. The second kappa shape index (κ2) is 14.6. The first-order valence-electron chi connectivity index (χ1n) is 14.5. The summed E-state index contributed by atoms with van der Waals surface area (Å²) in [5.41, 5.74) is 2.55. The van der Waals surface area contributed by atoms with Crippen molar-refractivity contribution in [3.63, 3.8) is 0 Å². The van der Waals surface area contributed by atoms with Gasteiger partial charge in [0.15, 0.2) is 0 Å². The molecule has 2 amide bonds. The standard InChI is InChI=1S/C31H42N4O2S2/c36-30(27-21-39-23-32-27)33-28(22-38-20-24-10-4-1-5-11-24)31(37)35-18-16-34(17-19-35)29(25-12-6-2-7-13-25)26-14-8-3-9-15-26/h2-3,6-9,12-15,24,27-29,32H,1,4-5,10-11,16-23H2,(H,33,36)/t27-,28-/m0/s1. The molecule has 0 unspecified atom stereocenters. The lowest BCUT2D eigenvalue weighted by Crippen LogP contribution is -2.58. The average Bonchev–Trinajstić information content (AvgIpc) is 3.54. The van der Waals surface area contributed by atoms with Crippen molar-refractivity contribution in [2.45, 2.75) is 50.2 Å². The number of amides is 2. The molecule has 2 atom stereocenters. The van der Waals surface area contributed by atoms with E-state index in [1.54, 1.807) is 11.8 Å². The number of carbonyl (C=O) groups is 2. The van der Waals surface area contributed by atoms with Gasteiger partial charge in [0.05, 0.1) is 12.1 Å². The summed E-state index contributed by atoms with van der Waals surface area (Å²) in [6.45, 7) is 2.95. The lowest BCUT2D eigenvalue weighted by atomic mass is 9.91. The van der Waals surface area contributed by atoms with E-state index in [0.717, 1.165) is 36.4 Å². The molecule has 6 nitrogen and oxygen atoms in total. The third kappa shape index (κ3) is 7.81. The molecular weight excluding hydrogens is 525 g/mol. The maximum absolute atomic E-state index is 13.8. The Hall–Kier alpha value is -2.00.